The van der Waals surface area contributed by atoms with Crippen LogP contribution in [0.3, 0.4) is 0 Å². The van der Waals surface area contributed by atoms with Gasteiger partial charge in [0.15, 0.2) is 0 Å². The number of benzene rings is 1. The largest absolute Gasteiger partial charge is 0.381 e. The number of carbonyl (C=O) groups excluding carboxylic acids is 2. The average Bonchev–Trinajstić information content (AvgIpc) is 3.37. The number of anilines is 3. The first-order valence-corrected chi connectivity index (χ1v) is 14.7. The number of ketones is 1. The van der Waals surface area contributed by atoms with E-state index < -0.39 is 11.7 Å². The van der Waals surface area contributed by atoms with E-state index in [1.54, 1.807) is 0 Å². The average molecular weight is 542 g/mol. The molecule has 40 heavy (non-hydrogen) atoms. The van der Waals surface area contributed by atoms with Gasteiger partial charge < -0.3 is 24.4 Å². The number of hydrogen-bond acceptors (Lipinski definition) is 6. The van der Waals surface area contributed by atoms with Crippen LogP contribution in [0, 0.1) is 13.8 Å². The van der Waals surface area contributed by atoms with Crippen LogP contribution < -0.4 is 15.1 Å². The molecule has 0 unspecified atom stereocenters. The lowest BCUT2D eigenvalue weighted by molar-refractivity contribution is -0.112. The molecule has 2 fully saturated rings. The van der Waals surface area contributed by atoms with E-state index in [0.717, 1.165) is 87.6 Å². The Morgan fingerprint density at radius 2 is 1.62 bits per heavy atom. The highest BCUT2D eigenvalue weighted by Gasteiger charge is 2.31. The summed E-state index contributed by atoms with van der Waals surface area (Å²) >= 11 is 0. The van der Waals surface area contributed by atoms with Crippen LogP contribution in [0.5, 0.6) is 0 Å². The Morgan fingerprint density at radius 1 is 0.900 bits per heavy atom. The van der Waals surface area contributed by atoms with Gasteiger partial charge in [-0.2, -0.15) is 0 Å². The summed E-state index contributed by atoms with van der Waals surface area (Å²) in [6.45, 7) is 9.96. The number of hydrogen-bond donors (Lipinski definition) is 1. The van der Waals surface area contributed by atoms with Gasteiger partial charge in [0.2, 0.25) is 0 Å². The first-order valence-electron chi connectivity index (χ1n) is 14.7. The molecular formula is C32H39N5O3. The number of aryl methyl sites for hydroxylation is 3. The maximum atomic E-state index is 13.6. The number of Topliss-reactive ketones (excluding diaryl/α,β-unsaturated/α-hetero) is 1. The van der Waals surface area contributed by atoms with Gasteiger partial charge in [-0.15, -0.1) is 0 Å². The fourth-order valence-corrected chi connectivity index (χ4v) is 6.46. The molecular weight excluding hydrogens is 502 g/mol. The molecule has 6 rings (SSSR count). The van der Waals surface area contributed by atoms with Gasteiger partial charge in [-0.25, -0.2) is 4.98 Å². The maximum absolute atomic E-state index is 13.6. The number of carbonyl (C=O) groups is 2. The Hall–Kier alpha value is -3.65. The summed E-state index contributed by atoms with van der Waals surface area (Å²) in [7, 11) is 0. The third kappa shape index (κ3) is 5.50. The zero-order valence-corrected chi connectivity index (χ0v) is 23.6. The van der Waals surface area contributed by atoms with E-state index in [0.29, 0.717) is 24.6 Å². The quantitative estimate of drug-likeness (QED) is 0.354. The highest BCUT2D eigenvalue weighted by atomic mass is 16.5. The molecule has 0 bridgehead atoms. The van der Waals surface area contributed by atoms with Crippen LogP contribution in [0.1, 0.15) is 64.6 Å². The number of nitrogens with zero attached hydrogens (tertiary/aromatic N) is 4. The number of piperazine rings is 1. The van der Waals surface area contributed by atoms with Crippen molar-refractivity contribution in [2.45, 2.75) is 58.4 Å². The van der Waals surface area contributed by atoms with Crippen molar-refractivity contribution in [1.29, 1.82) is 0 Å². The van der Waals surface area contributed by atoms with E-state index >= 15 is 0 Å². The van der Waals surface area contributed by atoms with Crippen molar-refractivity contribution in [2.24, 2.45) is 0 Å². The summed E-state index contributed by atoms with van der Waals surface area (Å²) in [5.41, 5.74) is 6.83. The third-order valence-electron chi connectivity index (χ3n) is 8.54. The standard InChI is InChI=1S/C32H39N5O3/c1-22-19-23(2)33-29(20-22)36-15-13-35(14-16-36)26-8-6-25(7-9-26)34-32(39)31(38)30-28(24-10-17-40-18-11-24)21-27-5-3-4-12-37(27)30/h6-9,19-21,24H,3-5,10-18H2,1-2H3,(H,34,39). The highest BCUT2D eigenvalue weighted by molar-refractivity contribution is 6.46. The number of fused-ring (bicyclic) bond motifs is 1. The molecule has 0 saturated carbocycles. The lowest BCUT2D eigenvalue weighted by atomic mass is 9.90. The first-order chi connectivity index (χ1) is 19.5. The predicted molar refractivity (Wildman–Crippen MR) is 158 cm³/mol. The van der Waals surface area contributed by atoms with Crippen molar-refractivity contribution in [3.05, 3.63) is 70.7 Å². The lowest BCUT2D eigenvalue weighted by Gasteiger charge is -2.37. The van der Waals surface area contributed by atoms with E-state index in [2.05, 4.69) is 44.8 Å². The van der Waals surface area contributed by atoms with Gasteiger partial charge in [0.05, 0.1) is 5.69 Å². The molecule has 3 aromatic rings. The lowest BCUT2D eigenvalue weighted by Crippen LogP contribution is -2.46. The van der Waals surface area contributed by atoms with Crippen molar-refractivity contribution in [2.75, 3.05) is 54.5 Å². The smallest absolute Gasteiger partial charge is 0.298 e. The van der Waals surface area contributed by atoms with Crippen LogP contribution in [-0.4, -0.2) is 60.6 Å². The Balaban J connectivity index is 1.11. The molecule has 8 nitrogen and oxygen atoms in total. The fourth-order valence-electron chi connectivity index (χ4n) is 6.46. The molecule has 0 spiro atoms. The number of amides is 1. The van der Waals surface area contributed by atoms with Gasteiger partial charge >= 0.3 is 0 Å². The maximum Gasteiger partial charge on any atom is 0.298 e. The zero-order valence-electron chi connectivity index (χ0n) is 23.6. The minimum Gasteiger partial charge on any atom is -0.381 e. The molecule has 2 saturated heterocycles. The second-order valence-electron chi connectivity index (χ2n) is 11.4. The molecule has 210 valence electrons. The summed E-state index contributed by atoms with van der Waals surface area (Å²) in [4.78, 5) is 36.2. The molecule has 1 amide bonds. The second kappa shape index (κ2) is 11.5. The van der Waals surface area contributed by atoms with E-state index in [1.807, 2.05) is 31.2 Å². The Labute approximate surface area is 236 Å². The number of aromatic nitrogens is 2. The van der Waals surface area contributed by atoms with Crippen molar-refractivity contribution >= 4 is 28.9 Å². The normalized spacial score (nSPS) is 17.9. The highest BCUT2D eigenvalue weighted by Crippen LogP contribution is 2.34. The molecule has 1 N–H and O–H groups in total. The number of rotatable bonds is 6. The van der Waals surface area contributed by atoms with E-state index in [1.165, 1.54) is 11.3 Å². The third-order valence-corrected chi connectivity index (χ3v) is 8.54. The molecule has 2 aromatic heterocycles. The molecule has 0 atom stereocenters. The van der Waals surface area contributed by atoms with Crippen LogP contribution in [0.25, 0.3) is 0 Å². The fraction of sp³-hybridized carbons (Fsp3) is 0.469. The Bertz CT molecular complexity index is 1360. The topological polar surface area (TPSA) is 79.7 Å². The Morgan fingerprint density at radius 3 is 2.35 bits per heavy atom. The van der Waals surface area contributed by atoms with Gasteiger partial charge in [0, 0.05) is 68.7 Å². The van der Waals surface area contributed by atoms with Crippen molar-refractivity contribution in [1.82, 2.24) is 9.55 Å². The van der Waals surface area contributed by atoms with Gasteiger partial charge in [-0.05, 0) is 105 Å². The first kappa shape index (κ1) is 26.6. The van der Waals surface area contributed by atoms with Gasteiger partial charge in [0.25, 0.3) is 11.7 Å². The Kier molecular flexibility index (Phi) is 7.61. The van der Waals surface area contributed by atoms with Gasteiger partial charge in [0.1, 0.15) is 5.82 Å². The molecule has 0 radical (unpaired) electrons. The summed E-state index contributed by atoms with van der Waals surface area (Å²) in [6.07, 6.45) is 4.90. The molecule has 8 heteroatoms. The van der Waals surface area contributed by atoms with Crippen LogP contribution >= 0.6 is 0 Å². The van der Waals surface area contributed by atoms with Crippen LogP contribution in [0.15, 0.2) is 42.5 Å². The second-order valence-corrected chi connectivity index (χ2v) is 11.4. The van der Waals surface area contributed by atoms with E-state index in [-0.39, 0.29) is 5.92 Å². The summed E-state index contributed by atoms with van der Waals surface area (Å²) in [5, 5.41) is 2.87. The summed E-state index contributed by atoms with van der Waals surface area (Å²) in [5.74, 6) is 0.310. The predicted octanol–water partition coefficient (Wildman–Crippen LogP) is 4.88. The van der Waals surface area contributed by atoms with Crippen molar-refractivity contribution < 1.29 is 14.3 Å². The molecule has 5 heterocycles. The molecule has 1 aromatic carbocycles. The number of ether oxygens (including phenoxy) is 1. The van der Waals surface area contributed by atoms with Crippen LogP contribution in [-0.2, 0) is 22.5 Å². The van der Waals surface area contributed by atoms with Gasteiger partial charge in [-0.3, -0.25) is 9.59 Å². The van der Waals surface area contributed by atoms with Crippen molar-refractivity contribution in [3.8, 4) is 0 Å². The molecule has 3 aliphatic heterocycles. The van der Waals surface area contributed by atoms with E-state index in [4.69, 9.17) is 9.72 Å². The summed E-state index contributed by atoms with van der Waals surface area (Å²) < 4.78 is 7.66. The number of pyridine rings is 1. The molecule has 0 aliphatic carbocycles. The van der Waals surface area contributed by atoms with Crippen LogP contribution in [0.2, 0.25) is 0 Å². The minimum absolute atomic E-state index is 0.268. The minimum atomic E-state index is -0.568. The van der Waals surface area contributed by atoms with Crippen LogP contribution in [0.4, 0.5) is 17.2 Å². The SMILES string of the molecule is Cc1cc(C)nc(N2CCN(c3ccc(NC(=O)C(=O)c4c(C5CCOCC5)cc5n4CCCC5)cc3)CC2)c1. The monoisotopic (exact) mass is 541 g/mol. The zero-order chi connectivity index (χ0) is 27.6. The number of nitrogens with one attached hydrogen (secondary N) is 1. The molecule has 3 aliphatic rings. The van der Waals surface area contributed by atoms with E-state index in [9.17, 15) is 9.59 Å². The van der Waals surface area contributed by atoms with Crippen molar-refractivity contribution in [3.63, 3.8) is 0 Å². The van der Waals surface area contributed by atoms with Gasteiger partial charge in [-0.1, -0.05) is 0 Å². The summed E-state index contributed by atoms with van der Waals surface area (Å²) in [6, 6.07) is 14.3.